The molecule has 2 atom stereocenters. The van der Waals surface area contributed by atoms with Crippen LogP contribution in [0.15, 0.2) is 0 Å². The maximum atomic E-state index is 3.90. The van der Waals surface area contributed by atoms with Crippen LogP contribution >= 0.6 is 0 Å². The highest BCUT2D eigenvalue weighted by molar-refractivity contribution is 4.82. The molecule has 0 amide bonds. The smallest absolute Gasteiger partial charge is 0.00698 e. The van der Waals surface area contributed by atoms with Crippen molar-refractivity contribution in [2.75, 3.05) is 0 Å². The molecule has 17 heavy (non-hydrogen) atoms. The molecule has 0 bridgehead atoms. The summed E-state index contributed by atoms with van der Waals surface area (Å²) in [6, 6.07) is 1.46. The van der Waals surface area contributed by atoms with Crippen molar-refractivity contribution in [3.63, 3.8) is 0 Å². The third-order valence-corrected chi connectivity index (χ3v) is 4.83. The van der Waals surface area contributed by atoms with Crippen LogP contribution in [0.2, 0.25) is 0 Å². The van der Waals surface area contributed by atoms with Crippen molar-refractivity contribution in [2.45, 2.75) is 91.6 Å². The van der Waals surface area contributed by atoms with E-state index < -0.39 is 0 Å². The summed E-state index contributed by atoms with van der Waals surface area (Å²) in [5, 5.41) is 3.90. The van der Waals surface area contributed by atoms with E-state index in [4.69, 9.17) is 0 Å². The van der Waals surface area contributed by atoms with Gasteiger partial charge in [-0.3, -0.25) is 0 Å². The van der Waals surface area contributed by atoms with Crippen LogP contribution in [0.3, 0.4) is 0 Å². The molecule has 1 rings (SSSR count). The Kier molecular flexibility index (Phi) is 5.99. The van der Waals surface area contributed by atoms with Crippen molar-refractivity contribution >= 4 is 0 Å². The van der Waals surface area contributed by atoms with E-state index in [1.807, 2.05) is 0 Å². The van der Waals surface area contributed by atoms with E-state index in [1.165, 1.54) is 44.9 Å². The predicted molar refractivity (Wildman–Crippen MR) is 77.3 cm³/mol. The molecule has 102 valence electrons. The zero-order valence-electron chi connectivity index (χ0n) is 12.7. The zero-order chi connectivity index (χ0) is 12.9. The van der Waals surface area contributed by atoms with Gasteiger partial charge in [0.2, 0.25) is 0 Å². The fourth-order valence-electron chi connectivity index (χ4n) is 3.33. The molecule has 0 heterocycles. The topological polar surface area (TPSA) is 12.0 Å². The largest absolute Gasteiger partial charge is 0.311 e. The number of rotatable bonds is 5. The highest BCUT2D eigenvalue weighted by atomic mass is 14.9. The van der Waals surface area contributed by atoms with Crippen LogP contribution < -0.4 is 5.32 Å². The van der Waals surface area contributed by atoms with Crippen molar-refractivity contribution in [1.82, 2.24) is 5.32 Å². The Hall–Kier alpha value is -0.0400. The summed E-state index contributed by atoms with van der Waals surface area (Å²) in [5.41, 5.74) is 0.578. The van der Waals surface area contributed by atoms with Crippen LogP contribution in [0.5, 0.6) is 0 Å². The quantitative estimate of drug-likeness (QED) is 0.682. The standard InChI is InChI=1S/C16H33N/c1-6-14(7-2)13(3)17-15-9-8-11-16(4,5)12-10-15/h13-15,17H,6-12H2,1-5H3. The highest BCUT2D eigenvalue weighted by Gasteiger charge is 2.25. The van der Waals surface area contributed by atoms with Crippen molar-refractivity contribution in [2.24, 2.45) is 11.3 Å². The van der Waals surface area contributed by atoms with Gasteiger partial charge in [-0.25, -0.2) is 0 Å². The second kappa shape index (κ2) is 6.78. The van der Waals surface area contributed by atoms with Gasteiger partial charge in [0, 0.05) is 12.1 Å². The Bertz CT molecular complexity index is 206. The van der Waals surface area contributed by atoms with Gasteiger partial charge in [-0.05, 0) is 43.9 Å². The first-order valence-electron chi connectivity index (χ1n) is 7.74. The summed E-state index contributed by atoms with van der Waals surface area (Å²) in [7, 11) is 0. The fourth-order valence-corrected chi connectivity index (χ4v) is 3.33. The average Bonchev–Trinajstić information content (AvgIpc) is 2.42. The van der Waals surface area contributed by atoms with Crippen LogP contribution in [0.25, 0.3) is 0 Å². The first kappa shape index (κ1) is 15.0. The van der Waals surface area contributed by atoms with Gasteiger partial charge in [-0.15, -0.1) is 0 Å². The molecule has 0 saturated heterocycles. The second-order valence-electron chi connectivity index (χ2n) is 6.82. The van der Waals surface area contributed by atoms with Crippen LogP contribution in [0, 0.1) is 11.3 Å². The summed E-state index contributed by atoms with van der Waals surface area (Å²) in [4.78, 5) is 0. The van der Waals surface area contributed by atoms with Crippen molar-refractivity contribution < 1.29 is 0 Å². The minimum Gasteiger partial charge on any atom is -0.311 e. The first-order chi connectivity index (χ1) is 7.98. The third kappa shape index (κ3) is 4.99. The molecule has 0 spiro atoms. The second-order valence-corrected chi connectivity index (χ2v) is 6.82. The molecule has 2 unspecified atom stereocenters. The van der Waals surface area contributed by atoms with Crippen LogP contribution in [-0.4, -0.2) is 12.1 Å². The fraction of sp³-hybridized carbons (Fsp3) is 1.00. The molecule has 0 aromatic carbocycles. The SMILES string of the molecule is CCC(CC)C(C)NC1CCCC(C)(C)CC1. The minimum atomic E-state index is 0.578. The molecular weight excluding hydrogens is 206 g/mol. The summed E-state index contributed by atoms with van der Waals surface area (Å²) >= 11 is 0. The molecule has 1 aliphatic carbocycles. The number of nitrogens with one attached hydrogen (secondary N) is 1. The predicted octanol–water partition coefficient (Wildman–Crippen LogP) is 4.76. The summed E-state index contributed by atoms with van der Waals surface area (Å²) in [6.45, 7) is 11.9. The summed E-state index contributed by atoms with van der Waals surface area (Å²) in [5.74, 6) is 0.853. The van der Waals surface area contributed by atoms with Gasteiger partial charge in [0.1, 0.15) is 0 Å². The Morgan fingerprint density at radius 3 is 2.35 bits per heavy atom. The molecule has 0 radical (unpaired) electrons. The van der Waals surface area contributed by atoms with Gasteiger partial charge in [-0.2, -0.15) is 0 Å². The lowest BCUT2D eigenvalue weighted by molar-refractivity contribution is 0.289. The lowest BCUT2D eigenvalue weighted by Gasteiger charge is -2.28. The third-order valence-electron chi connectivity index (χ3n) is 4.83. The van der Waals surface area contributed by atoms with Crippen molar-refractivity contribution in [3.8, 4) is 0 Å². The van der Waals surface area contributed by atoms with Crippen LogP contribution in [0.4, 0.5) is 0 Å². The maximum Gasteiger partial charge on any atom is 0.00698 e. The molecule has 1 fully saturated rings. The Morgan fingerprint density at radius 2 is 1.76 bits per heavy atom. The van der Waals surface area contributed by atoms with Gasteiger partial charge in [0.05, 0.1) is 0 Å². The molecule has 1 aliphatic rings. The van der Waals surface area contributed by atoms with E-state index in [0.29, 0.717) is 11.5 Å². The molecular formula is C16H33N. The van der Waals surface area contributed by atoms with Gasteiger partial charge < -0.3 is 5.32 Å². The Labute approximate surface area is 109 Å². The monoisotopic (exact) mass is 239 g/mol. The Morgan fingerprint density at radius 1 is 1.12 bits per heavy atom. The van der Waals surface area contributed by atoms with Crippen molar-refractivity contribution in [3.05, 3.63) is 0 Å². The van der Waals surface area contributed by atoms with E-state index >= 15 is 0 Å². The number of hydrogen-bond acceptors (Lipinski definition) is 1. The average molecular weight is 239 g/mol. The van der Waals surface area contributed by atoms with E-state index in [9.17, 15) is 0 Å². The molecule has 0 aromatic heterocycles. The molecule has 1 saturated carbocycles. The number of hydrogen-bond donors (Lipinski definition) is 1. The summed E-state index contributed by atoms with van der Waals surface area (Å²) < 4.78 is 0. The van der Waals surface area contributed by atoms with E-state index in [0.717, 1.165) is 12.0 Å². The molecule has 1 nitrogen and oxygen atoms in total. The van der Waals surface area contributed by atoms with E-state index in [1.54, 1.807) is 0 Å². The van der Waals surface area contributed by atoms with E-state index in [2.05, 4.69) is 39.9 Å². The van der Waals surface area contributed by atoms with Gasteiger partial charge >= 0.3 is 0 Å². The van der Waals surface area contributed by atoms with Crippen LogP contribution in [0.1, 0.15) is 79.6 Å². The van der Waals surface area contributed by atoms with Gasteiger partial charge in [0.15, 0.2) is 0 Å². The highest BCUT2D eigenvalue weighted by Crippen LogP contribution is 2.34. The van der Waals surface area contributed by atoms with Gasteiger partial charge in [0.25, 0.3) is 0 Å². The zero-order valence-corrected chi connectivity index (χ0v) is 12.7. The molecule has 0 aliphatic heterocycles. The minimum absolute atomic E-state index is 0.578. The van der Waals surface area contributed by atoms with Crippen molar-refractivity contribution in [1.29, 1.82) is 0 Å². The Balaban J connectivity index is 2.41. The normalized spacial score (nSPS) is 26.8. The maximum absolute atomic E-state index is 3.90. The van der Waals surface area contributed by atoms with E-state index in [-0.39, 0.29) is 0 Å². The lowest BCUT2D eigenvalue weighted by atomic mass is 9.85. The lowest BCUT2D eigenvalue weighted by Crippen LogP contribution is -2.40. The van der Waals surface area contributed by atoms with Crippen LogP contribution in [-0.2, 0) is 0 Å². The first-order valence-corrected chi connectivity index (χ1v) is 7.74. The molecule has 1 N–H and O–H groups in total. The molecule has 0 aromatic rings. The van der Waals surface area contributed by atoms with Gasteiger partial charge in [-0.1, -0.05) is 47.0 Å². The molecule has 1 heteroatoms. The summed E-state index contributed by atoms with van der Waals surface area (Å²) in [6.07, 6.45) is 9.57.